The predicted octanol–water partition coefficient (Wildman–Crippen LogP) is 4.03. The Morgan fingerprint density at radius 1 is 1.44 bits per heavy atom. The first-order valence-electron chi connectivity index (χ1n) is 5.74. The van der Waals surface area contributed by atoms with Crippen molar-refractivity contribution in [3.05, 3.63) is 33.3 Å². The van der Waals surface area contributed by atoms with Gasteiger partial charge >= 0.3 is 0 Å². The van der Waals surface area contributed by atoms with E-state index in [9.17, 15) is 0 Å². The average Bonchev–Trinajstić information content (AvgIpc) is 2.18. The van der Waals surface area contributed by atoms with E-state index in [-0.39, 0.29) is 0 Å². The predicted molar refractivity (Wildman–Crippen MR) is 73.1 cm³/mol. The molecule has 1 aromatic carbocycles. The van der Waals surface area contributed by atoms with Crippen LogP contribution in [0.15, 0.2) is 22.7 Å². The molecule has 0 unspecified atom stereocenters. The fourth-order valence-corrected chi connectivity index (χ4v) is 3.28. The minimum atomic E-state index is 0.451. The van der Waals surface area contributed by atoms with Gasteiger partial charge in [0.05, 0.1) is 0 Å². The molecule has 1 nitrogen and oxygen atoms in total. The summed E-state index contributed by atoms with van der Waals surface area (Å²) in [4.78, 5) is 0. The highest BCUT2D eigenvalue weighted by Gasteiger charge is 2.36. The molecule has 0 aromatic heterocycles. The number of halogens is 2. The third kappa shape index (κ3) is 2.61. The molecule has 1 aliphatic carbocycles. The van der Waals surface area contributed by atoms with E-state index in [0.29, 0.717) is 5.41 Å². The first-order valence-corrected chi connectivity index (χ1v) is 6.91. The summed E-state index contributed by atoms with van der Waals surface area (Å²) >= 11 is 9.71. The van der Waals surface area contributed by atoms with Crippen molar-refractivity contribution in [3.63, 3.8) is 0 Å². The van der Waals surface area contributed by atoms with Crippen molar-refractivity contribution < 1.29 is 0 Å². The third-order valence-corrected chi connectivity index (χ3v) is 4.39. The Bertz CT molecular complexity index is 374. The third-order valence-electron chi connectivity index (χ3n) is 3.55. The van der Waals surface area contributed by atoms with Gasteiger partial charge in [0.2, 0.25) is 0 Å². The van der Waals surface area contributed by atoms with Crippen LogP contribution in [0.4, 0.5) is 0 Å². The Morgan fingerprint density at radius 3 is 2.69 bits per heavy atom. The maximum Gasteiger partial charge on any atom is 0.0449 e. The number of benzene rings is 1. The smallest absolute Gasteiger partial charge is 0.0449 e. The van der Waals surface area contributed by atoms with Crippen molar-refractivity contribution in [1.82, 2.24) is 5.32 Å². The van der Waals surface area contributed by atoms with Crippen molar-refractivity contribution in [2.75, 3.05) is 13.6 Å². The number of rotatable bonds is 4. The Hall–Kier alpha value is -0.0500. The molecule has 0 radical (unpaired) electrons. The zero-order valence-electron chi connectivity index (χ0n) is 9.52. The van der Waals surface area contributed by atoms with Gasteiger partial charge in [-0.1, -0.05) is 40.0 Å². The molecule has 1 N–H and O–H groups in total. The quantitative estimate of drug-likeness (QED) is 0.885. The van der Waals surface area contributed by atoms with Crippen LogP contribution in [-0.2, 0) is 6.42 Å². The van der Waals surface area contributed by atoms with E-state index in [4.69, 9.17) is 11.6 Å². The lowest BCUT2D eigenvalue weighted by molar-refractivity contribution is 0.133. The summed E-state index contributed by atoms with van der Waals surface area (Å²) in [6.45, 7) is 1.10. The molecule has 1 saturated carbocycles. The van der Waals surface area contributed by atoms with E-state index in [0.717, 1.165) is 22.5 Å². The Labute approximate surface area is 111 Å². The topological polar surface area (TPSA) is 12.0 Å². The van der Waals surface area contributed by atoms with Crippen molar-refractivity contribution in [3.8, 4) is 0 Å². The summed E-state index contributed by atoms with van der Waals surface area (Å²) in [5, 5.41) is 4.20. The average molecular weight is 303 g/mol. The van der Waals surface area contributed by atoms with Crippen molar-refractivity contribution in [2.24, 2.45) is 5.41 Å². The number of nitrogens with one attached hydrogen (secondary N) is 1. The summed E-state index contributed by atoms with van der Waals surface area (Å²) < 4.78 is 1.05. The molecule has 0 spiro atoms. The minimum absolute atomic E-state index is 0.451. The van der Waals surface area contributed by atoms with Crippen LogP contribution in [0, 0.1) is 5.41 Å². The van der Waals surface area contributed by atoms with Gasteiger partial charge in [0.1, 0.15) is 0 Å². The van der Waals surface area contributed by atoms with E-state index in [2.05, 4.69) is 33.4 Å². The van der Waals surface area contributed by atoms with Crippen molar-refractivity contribution in [1.29, 1.82) is 0 Å². The standard InChI is InChI=1S/C13H17BrClN/c1-16-9-13(5-2-6-13)8-10-3-4-11(14)7-12(10)15/h3-4,7,16H,2,5-6,8-9H2,1H3. The van der Waals surface area contributed by atoms with Crippen LogP contribution in [0.5, 0.6) is 0 Å². The van der Waals surface area contributed by atoms with Gasteiger partial charge in [0.15, 0.2) is 0 Å². The van der Waals surface area contributed by atoms with E-state index in [1.807, 2.05) is 13.1 Å². The fourth-order valence-electron chi connectivity index (χ4n) is 2.54. The van der Waals surface area contributed by atoms with Crippen LogP contribution in [0.3, 0.4) is 0 Å². The monoisotopic (exact) mass is 301 g/mol. The van der Waals surface area contributed by atoms with Gasteiger partial charge in [-0.15, -0.1) is 0 Å². The second kappa shape index (κ2) is 5.07. The van der Waals surface area contributed by atoms with E-state index < -0.39 is 0 Å². The highest BCUT2D eigenvalue weighted by molar-refractivity contribution is 9.10. The van der Waals surface area contributed by atoms with E-state index >= 15 is 0 Å². The van der Waals surface area contributed by atoms with Gasteiger partial charge in [-0.2, -0.15) is 0 Å². The molecule has 0 atom stereocenters. The molecule has 0 heterocycles. The van der Waals surface area contributed by atoms with Crippen LogP contribution in [0.2, 0.25) is 5.02 Å². The molecular weight excluding hydrogens is 286 g/mol. The molecule has 0 aliphatic heterocycles. The molecule has 2 rings (SSSR count). The van der Waals surface area contributed by atoms with Gasteiger partial charge in [-0.25, -0.2) is 0 Å². The lowest BCUT2D eigenvalue weighted by atomic mass is 9.65. The zero-order chi connectivity index (χ0) is 11.6. The molecule has 1 fully saturated rings. The van der Waals surface area contributed by atoms with Gasteiger partial charge in [-0.05, 0) is 49.4 Å². The largest absolute Gasteiger partial charge is 0.319 e. The molecule has 1 aliphatic rings. The first-order chi connectivity index (χ1) is 7.65. The van der Waals surface area contributed by atoms with Crippen LogP contribution in [0.25, 0.3) is 0 Å². The van der Waals surface area contributed by atoms with Crippen molar-refractivity contribution in [2.45, 2.75) is 25.7 Å². The maximum atomic E-state index is 6.27. The normalized spacial score (nSPS) is 18.2. The van der Waals surface area contributed by atoms with Crippen LogP contribution >= 0.6 is 27.5 Å². The minimum Gasteiger partial charge on any atom is -0.319 e. The Balaban J connectivity index is 2.13. The highest BCUT2D eigenvalue weighted by atomic mass is 79.9. The SMILES string of the molecule is CNCC1(Cc2ccc(Br)cc2Cl)CCC1. The maximum absolute atomic E-state index is 6.27. The number of hydrogen-bond donors (Lipinski definition) is 1. The van der Waals surface area contributed by atoms with Gasteiger partial charge in [0.25, 0.3) is 0 Å². The lowest BCUT2D eigenvalue weighted by Crippen LogP contribution is -2.40. The lowest BCUT2D eigenvalue weighted by Gasteiger charge is -2.42. The molecule has 88 valence electrons. The molecule has 16 heavy (non-hydrogen) atoms. The molecule has 0 saturated heterocycles. The second-order valence-corrected chi connectivity index (χ2v) is 6.12. The van der Waals surface area contributed by atoms with E-state index in [1.165, 1.54) is 24.8 Å². The summed E-state index contributed by atoms with van der Waals surface area (Å²) in [6, 6.07) is 6.21. The summed E-state index contributed by atoms with van der Waals surface area (Å²) in [7, 11) is 2.03. The Kier molecular flexibility index (Phi) is 3.93. The van der Waals surface area contributed by atoms with Gasteiger partial charge in [-0.3, -0.25) is 0 Å². The van der Waals surface area contributed by atoms with Gasteiger partial charge < -0.3 is 5.32 Å². The summed E-state index contributed by atoms with van der Waals surface area (Å²) in [5.41, 5.74) is 1.73. The highest BCUT2D eigenvalue weighted by Crippen LogP contribution is 2.44. The van der Waals surface area contributed by atoms with Crippen LogP contribution in [0.1, 0.15) is 24.8 Å². The molecule has 0 bridgehead atoms. The van der Waals surface area contributed by atoms with Crippen LogP contribution in [-0.4, -0.2) is 13.6 Å². The van der Waals surface area contributed by atoms with Gasteiger partial charge in [0, 0.05) is 16.0 Å². The van der Waals surface area contributed by atoms with Crippen LogP contribution < -0.4 is 5.32 Å². The summed E-state index contributed by atoms with van der Waals surface area (Å²) in [5.74, 6) is 0. The summed E-state index contributed by atoms with van der Waals surface area (Å²) in [6.07, 6.45) is 5.09. The molecule has 3 heteroatoms. The van der Waals surface area contributed by atoms with Crippen molar-refractivity contribution >= 4 is 27.5 Å². The molecule has 0 amide bonds. The second-order valence-electron chi connectivity index (χ2n) is 4.80. The Morgan fingerprint density at radius 2 is 2.19 bits per heavy atom. The molecule has 1 aromatic rings. The zero-order valence-corrected chi connectivity index (χ0v) is 11.9. The first kappa shape index (κ1) is 12.4. The number of hydrogen-bond acceptors (Lipinski definition) is 1. The van der Waals surface area contributed by atoms with E-state index in [1.54, 1.807) is 0 Å². The molecular formula is C13H17BrClN. The fraction of sp³-hybridized carbons (Fsp3) is 0.538.